The maximum atomic E-state index is 11.4. The summed E-state index contributed by atoms with van der Waals surface area (Å²) in [6, 6.07) is -0.745. The molecular weight excluding hydrogens is 326 g/mol. The number of carboxylic acid groups (broad SMARTS) is 1. The Morgan fingerprint density at radius 1 is 1.36 bits per heavy atom. The summed E-state index contributed by atoms with van der Waals surface area (Å²) in [5, 5.41) is 33.7. The Morgan fingerprint density at radius 2 is 2.18 bits per heavy atom. The Hall–Kier alpha value is -0.710. The minimum absolute atomic E-state index is 0.228. The van der Waals surface area contributed by atoms with E-state index in [-0.39, 0.29) is 11.5 Å². The molecule has 0 radical (unpaired) electrons. The van der Waals surface area contributed by atoms with Crippen molar-refractivity contribution in [1.82, 2.24) is 15.4 Å². The summed E-state index contributed by atoms with van der Waals surface area (Å²) in [7, 11) is 2.77. The monoisotopic (exact) mass is 347 g/mol. The Bertz CT molecular complexity index is 436. The maximum Gasteiger partial charge on any atom is 0.321 e. The summed E-state index contributed by atoms with van der Waals surface area (Å²) in [5.74, 6) is -0.598. The molecule has 0 spiro atoms. The molecule has 2 unspecified atom stereocenters. The van der Waals surface area contributed by atoms with E-state index in [0.29, 0.717) is 12.3 Å². The van der Waals surface area contributed by atoms with E-state index in [0.717, 1.165) is 24.3 Å². The number of hydrogen-bond donors (Lipinski definition) is 4. The highest BCUT2D eigenvalue weighted by molar-refractivity contribution is 8.77. The van der Waals surface area contributed by atoms with Gasteiger partial charge in [-0.05, 0) is 31.4 Å². The van der Waals surface area contributed by atoms with Crippen molar-refractivity contribution >= 4 is 27.6 Å². The molecule has 4 N–H and O–H groups in total. The molecule has 0 aromatic heterocycles. The lowest BCUT2D eigenvalue weighted by atomic mass is 10.1. The van der Waals surface area contributed by atoms with Crippen LogP contribution in [0, 0.1) is 0 Å². The van der Waals surface area contributed by atoms with Crippen LogP contribution in [0.4, 0.5) is 0 Å². The molecule has 7 nitrogen and oxygen atoms in total. The molecule has 2 heterocycles. The number of nitrogens with zero attached hydrogens (tertiary/aromatic N) is 2. The molecule has 9 heteroatoms. The van der Waals surface area contributed by atoms with Crippen LogP contribution in [0.1, 0.15) is 19.3 Å². The van der Waals surface area contributed by atoms with Gasteiger partial charge in [0.2, 0.25) is 0 Å². The smallest absolute Gasteiger partial charge is 0.321 e. The van der Waals surface area contributed by atoms with Crippen molar-refractivity contribution in [3.8, 4) is 0 Å². The van der Waals surface area contributed by atoms with E-state index in [1.54, 1.807) is 12.3 Å². The predicted octanol–water partition coefficient (Wildman–Crippen LogP) is 1.71. The topological polar surface area (TPSA) is 96.3 Å². The minimum Gasteiger partial charge on any atom is -0.480 e. The summed E-state index contributed by atoms with van der Waals surface area (Å²) in [4.78, 5) is 11.4. The van der Waals surface area contributed by atoms with Gasteiger partial charge in [-0.1, -0.05) is 27.7 Å². The van der Waals surface area contributed by atoms with E-state index in [4.69, 9.17) is 0 Å². The van der Waals surface area contributed by atoms with Gasteiger partial charge >= 0.3 is 5.97 Å². The van der Waals surface area contributed by atoms with Gasteiger partial charge in [0.25, 0.3) is 0 Å². The zero-order valence-corrected chi connectivity index (χ0v) is 13.7. The van der Waals surface area contributed by atoms with Gasteiger partial charge in [-0.15, -0.1) is 0 Å². The first-order valence-corrected chi connectivity index (χ1v) is 9.51. The van der Waals surface area contributed by atoms with Crippen LogP contribution in [0.2, 0.25) is 0 Å². The lowest BCUT2D eigenvalue weighted by Gasteiger charge is -2.33. The first kappa shape index (κ1) is 17.6. The number of rotatable bonds is 7. The Morgan fingerprint density at radius 3 is 2.86 bits per heavy atom. The molecule has 0 saturated carbocycles. The summed E-state index contributed by atoms with van der Waals surface area (Å²) in [5.41, 5.74) is 0. The first-order valence-electron chi connectivity index (χ1n) is 7.13. The molecular formula is C13H21N3O4S2. The molecule has 0 aromatic carbocycles. The fourth-order valence-corrected chi connectivity index (χ4v) is 4.66. The van der Waals surface area contributed by atoms with Gasteiger partial charge in [0.15, 0.2) is 0 Å². The van der Waals surface area contributed by atoms with Crippen molar-refractivity contribution in [3.05, 3.63) is 24.4 Å². The SMILES string of the molecule is O=C(O)[C@H](CSSC1C=CC=CN1O)NC1CCCCN1O. The van der Waals surface area contributed by atoms with E-state index in [1.807, 2.05) is 12.2 Å². The predicted molar refractivity (Wildman–Crippen MR) is 86.4 cm³/mol. The lowest BCUT2D eigenvalue weighted by molar-refractivity contribution is -0.158. The third-order valence-electron chi connectivity index (χ3n) is 3.45. The second-order valence-electron chi connectivity index (χ2n) is 5.11. The average Bonchev–Trinajstić information content (AvgIpc) is 2.50. The number of nitrogens with one attached hydrogen (secondary N) is 1. The van der Waals surface area contributed by atoms with Crippen molar-refractivity contribution in [2.24, 2.45) is 0 Å². The number of carboxylic acids is 1. The Labute approximate surface area is 137 Å². The first-order chi connectivity index (χ1) is 10.6. The van der Waals surface area contributed by atoms with Gasteiger partial charge < -0.3 is 10.3 Å². The molecule has 1 saturated heterocycles. The van der Waals surface area contributed by atoms with Gasteiger partial charge in [0.1, 0.15) is 11.4 Å². The molecule has 2 aliphatic rings. The number of carbonyl (C=O) groups is 1. The average molecular weight is 347 g/mol. The van der Waals surface area contributed by atoms with Gasteiger partial charge in [-0.3, -0.25) is 15.3 Å². The largest absolute Gasteiger partial charge is 0.480 e. The van der Waals surface area contributed by atoms with E-state index in [9.17, 15) is 20.3 Å². The second-order valence-corrected chi connectivity index (χ2v) is 7.64. The highest BCUT2D eigenvalue weighted by atomic mass is 33.1. The van der Waals surface area contributed by atoms with Crippen molar-refractivity contribution in [1.29, 1.82) is 0 Å². The normalized spacial score (nSPS) is 27.1. The molecule has 2 aliphatic heterocycles. The van der Waals surface area contributed by atoms with E-state index >= 15 is 0 Å². The van der Waals surface area contributed by atoms with Crippen molar-refractivity contribution in [2.45, 2.75) is 36.8 Å². The molecule has 124 valence electrons. The van der Waals surface area contributed by atoms with Crippen molar-refractivity contribution in [2.75, 3.05) is 12.3 Å². The fourth-order valence-electron chi connectivity index (χ4n) is 2.23. The minimum atomic E-state index is -0.938. The molecule has 0 amide bonds. The van der Waals surface area contributed by atoms with Gasteiger partial charge in [0, 0.05) is 18.5 Å². The van der Waals surface area contributed by atoms with E-state index < -0.39 is 12.0 Å². The van der Waals surface area contributed by atoms with Crippen LogP contribution >= 0.6 is 21.6 Å². The molecule has 1 fully saturated rings. The van der Waals surface area contributed by atoms with Crippen LogP contribution in [0.5, 0.6) is 0 Å². The number of hydroxylamine groups is 4. The molecule has 2 rings (SSSR count). The van der Waals surface area contributed by atoms with Crippen LogP contribution in [-0.2, 0) is 4.79 Å². The Kier molecular flexibility index (Phi) is 7.06. The summed E-state index contributed by atoms with van der Waals surface area (Å²) < 4.78 is 0. The highest BCUT2D eigenvalue weighted by Gasteiger charge is 2.27. The van der Waals surface area contributed by atoms with Crippen LogP contribution < -0.4 is 5.32 Å². The van der Waals surface area contributed by atoms with Crippen molar-refractivity contribution < 1.29 is 20.3 Å². The highest BCUT2D eigenvalue weighted by Crippen LogP contribution is 2.31. The molecule has 0 aliphatic carbocycles. The molecule has 22 heavy (non-hydrogen) atoms. The van der Waals surface area contributed by atoms with Crippen molar-refractivity contribution in [3.63, 3.8) is 0 Å². The fraction of sp³-hybridized carbons (Fsp3) is 0.615. The number of aliphatic carboxylic acids is 1. The van der Waals surface area contributed by atoms with Gasteiger partial charge in [-0.2, -0.15) is 5.06 Å². The summed E-state index contributed by atoms with van der Waals surface area (Å²) in [6.07, 6.45) is 9.26. The zero-order chi connectivity index (χ0) is 15.9. The third-order valence-corrected chi connectivity index (χ3v) is 6.04. The van der Waals surface area contributed by atoms with Crippen LogP contribution in [-0.4, -0.2) is 61.5 Å². The number of allylic oxidation sites excluding steroid dienone is 2. The summed E-state index contributed by atoms with van der Waals surface area (Å²) >= 11 is 0. The van der Waals surface area contributed by atoms with Crippen LogP contribution in [0.15, 0.2) is 24.4 Å². The van der Waals surface area contributed by atoms with Gasteiger partial charge in [0.05, 0.1) is 6.17 Å². The Balaban J connectivity index is 1.78. The zero-order valence-electron chi connectivity index (χ0n) is 12.0. The van der Waals surface area contributed by atoms with Gasteiger partial charge in [-0.25, -0.2) is 5.06 Å². The van der Waals surface area contributed by atoms with Crippen LogP contribution in [0.3, 0.4) is 0 Å². The van der Waals surface area contributed by atoms with Crippen LogP contribution in [0.25, 0.3) is 0 Å². The number of piperidine rings is 1. The second kappa shape index (κ2) is 8.80. The lowest BCUT2D eigenvalue weighted by Crippen LogP contribution is -2.53. The standard InChI is InChI=1S/C13H21N3O4S2/c17-13(18)10(14-11-5-1-3-7-15(11)19)9-21-22-12-6-2-4-8-16(12)20/h2,4,6,8,10-12,14,19-20H,1,3,5,7,9H2,(H,17,18)/t10-,11?,12?/m0/s1. The molecule has 3 atom stereocenters. The van der Waals surface area contributed by atoms with E-state index in [2.05, 4.69) is 5.32 Å². The maximum absolute atomic E-state index is 11.4. The number of hydrogen-bond acceptors (Lipinski definition) is 8. The third kappa shape index (κ3) is 5.18. The molecule has 0 bridgehead atoms. The summed E-state index contributed by atoms with van der Waals surface area (Å²) in [6.45, 7) is 0.560. The molecule has 0 aromatic rings. The van der Waals surface area contributed by atoms with E-state index in [1.165, 1.54) is 26.7 Å². The quantitative estimate of drug-likeness (QED) is 0.513.